The summed E-state index contributed by atoms with van der Waals surface area (Å²) >= 11 is 0. The summed E-state index contributed by atoms with van der Waals surface area (Å²) in [4.78, 5) is 5.03. The Labute approximate surface area is 155 Å². The van der Waals surface area contributed by atoms with Gasteiger partial charge in [0.1, 0.15) is 5.75 Å². The predicted octanol–water partition coefficient (Wildman–Crippen LogP) is 4.06. The van der Waals surface area contributed by atoms with Crippen LogP contribution < -0.4 is 4.74 Å². The van der Waals surface area contributed by atoms with Crippen LogP contribution in [0.3, 0.4) is 0 Å². The van der Waals surface area contributed by atoms with Crippen LogP contribution in [0.5, 0.6) is 5.75 Å². The van der Waals surface area contributed by atoms with Gasteiger partial charge in [-0.15, -0.1) is 0 Å². The molecule has 0 bridgehead atoms. The molecule has 2 saturated heterocycles. The molecule has 144 valence electrons. The first-order valence-electron chi connectivity index (χ1n) is 9.89. The van der Waals surface area contributed by atoms with E-state index in [1.807, 2.05) is 12.1 Å². The van der Waals surface area contributed by atoms with Crippen LogP contribution in [0.1, 0.15) is 37.3 Å². The number of likely N-dealkylation sites (tertiary alicyclic amines) is 2. The van der Waals surface area contributed by atoms with Crippen molar-refractivity contribution in [3.63, 3.8) is 0 Å². The van der Waals surface area contributed by atoms with Gasteiger partial charge in [-0.25, -0.2) is 8.78 Å². The van der Waals surface area contributed by atoms with Gasteiger partial charge in [-0.1, -0.05) is 12.1 Å². The highest BCUT2D eigenvalue weighted by molar-refractivity contribution is 5.30. The number of benzene rings is 1. The second kappa shape index (κ2) is 7.08. The zero-order chi connectivity index (χ0) is 18.3. The smallest absolute Gasteiger partial charge is 0.248 e. The molecule has 1 aromatic rings. The van der Waals surface area contributed by atoms with E-state index in [0.717, 1.165) is 31.9 Å². The van der Waals surface area contributed by atoms with Crippen LogP contribution in [-0.4, -0.2) is 56.1 Å². The summed E-state index contributed by atoms with van der Waals surface area (Å²) in [5.74, 6) is 0.259. The highest BCUT2D eigenvalue weighted by Crippen LogP contribution is 2.45. The van der Waals surface area contributed by atoms with Crippen molar-refractivity contribution >= 4 is 0 Å². The molecule has 0 N–H and O–H groups in total. The van der Waals surface area contributed by atoms with E-state index < -0.39 is 5.92 Å². The highest BCUT2D eigenvalue weighted by Gasteiger charge is 2.46. The number of ether oxygens (including phenoxy) is 1. The van der Waals surface area contributed by atoms with Crippen LogP contribution in [0, 0.1) is 17.8 Å². The highest BCUT2D eigenvalue weighted by atomic mass is 19.3. The van der Waals surface area contributed by atoms with Crippen molar-refractivity contribution < 1.29 is 13.5 Å². The molecule has 3 aliphatic rings. The zero-order valence-electron chi connectivity index (χ0n) is 15.8. The van der Waals surface area contributed by atoms with Gasteiger partial charge >= 0.3 is 0 Å². The Bertz CT molecular complexity index is 611. The van der Waals surface area contributed by atoms with E-state index in [4.69, 9.17) is 4.74 Å². The maximum atomic E-state index is 13.4. The number of halogens is 2. The maximum Gasteiger partial charge on any atom is 0.248 e. The van der Waals surface area contributed by atoms with E-state index >= 15 is 0 Å². The minimum atomic E-state index is -2.42. The fourth-order valence-corrected chi connectivity index (χ4v) is 5.45. The van der Waals surface area contributed by atoms with Gasteiger partial charge in [-0.05, 0) is 55.3 Å². The molecule has 2 heterocycles. The predicted molar refractivity (Wildman–Crippen MR) is 98.7 cm³/mol. The number of hydrogen-bond acceptors (Lipinski definition) is 3. The van der Waals surface area contributed by atoms with Crippen molar-refractivity contribution in [2.24, 2.45) is 17.8 Å². The molecule has 1 aliphatic carbocycles. The Kier molecular flexibility index (Phi) is 4.95. The Hall–Kier alpha value is -1.20. The summed E-state index contributed by atoms with van der Waals surface area (Å²) in [6.07, 6.45) is 1.52. The van der Waals surface area contributed by atoms with Crippen LogP contribution in [0.15, 0.2) is 24.3 Å². The average molecular weight is 364 g/mol. The standard InChI is InChI=1S/C21H30F2N2O/c1-24-12-17-13-25(11-15-7-9-21(22,23)10-8-15)14-19(17)20(24)16-3-5-18(26-2)6-4-16/h3-6,15,17,19-20H,7-14H2,1-2H3/t17-,19+,20-/m0/s1. The second-order valence-corrected chi connectivity index (χ2v) is 8.60. The number of alkyl halides is 2. The SMILES string of the molecule is COc1ccc([C@H]2[C@@H]3CN(CC4CCC(F)(F)CC4)C[C@@H]3CN2C)cc1. The third-order valence-electron chi connectivity index (χ3n) is 6.78. The first-order chi connectivity index (χ1) is 12.4. The molecule has 0 amide bonds. The maximum absolute atomic E-state index is 13.4. The number of hydrogen-bond donors (Lipinski definition) is 0. The molecule has 0 radical (unpaired) electrons. The first-order valence-corrected chi connectivity index (χ1v) is 9.89. The summed E-state index contributed by atoms with van der Waals surface area (Å²) in [5.41, 5.74) is 1.36. The van der Waals surface area contributed by atoms with Crippen molar-refractivity contribution in [3.05, 3.63) is 29.8 Å². The quantitative estimate of drug-likeness (QED) is 0.801. The zero-order valence-corrected chi connectivity index (χ0v) is 15.8. The molecular formula is C21H30F2N2O. The van der Waals surface area contributed by atoms with E-state index in [-0.39, 0.29) is 12.8 Å². The van der Waals surface area contributed by atoms with Crippen molar-refractivity contribution in [1.82, 2.24) is 9.80 Å². The van der Waals surface area contributed by atoms with Crippen LogP contribution >= 0.6 is 0 Å². The van der Waals surface area contributed by atoms with Gasteiger partial charge in [-0.3, -0.25) is 4.90 Å². The minimum absolute atomic E-state index is 0.0789. The summed E-state index contributed by atoms with van der Waals surface area (Å²) in [7, 11) is 3.92. The van der Waals surface area contributed by atoms with Gasteiger partial charge in [0, 0.05) is 45.1 Å². The van der Waals surface area contributed by atoms with Crippen LogP contribution in [-0.2, 0) is 0 Å². The van der Waals surface area contributed by atoms with Gasteiger partial charge in [0.05, 0.1) is 7.11 Å². The van der Waals surface area contributed by atoms with Crippen molar-refractivity contribution in [1.29, 1.82) is 0 Å². The van der Waals surface area contributed by atoms with E-state index in [9.17, 15) is 8.78 Å². The van der Waals surface area contributed by atoms with Gasteiger partial charge in [0.2, 0.25) is 5.92 Å². The second-order valence-electron chi connectivity index (χ2n) is 8.60. The Balaban J connectivity index is 1.38. The Morgan fingerprint density at radius 3 is 2.42 bits per heavy atom. The van der Waals surface area contributed by atoms with Gasteiger partial charge < -0.3 is 9.64 Å². The molecule has 0 aromatic heterocycles. The third kappa shape index (κ3) is 3.61. The Morgan fingerprint density at radius 1 is 1.08 bits per heavy atom. The molecule has 2 aliphatic heterocycles. The summed E-state index contributed by atoms with van der Waals surface area (Å²) in [6, 6.07) is 8.92. The number of nitrogens with zero attached hydrogens (tertiary/aromatic N) is 2. The molecule has 1 aromatic carbocycles. The summed E-state index contributed by atoms with van der Waals surface area (Å²) < 4.78 is 32.1. The molecule has 26 heavy (non-hydrogen) atoms. The van der Waals surface area contributed by atoms with Gasteiger partial charge in [-0.2, -0.15) is 0 Å². The molecule has 3 atom stereocenters. The van der Waals surface area contributed by atoms with Crippen LogP contribution in [0.4, 0.5) is 8.78 Å². The molecule has 0 spiro atoms. The number of rotatable bonds is 4. The molecule has 1 saturated carbocycles. The van der Waals surface area contributed by atoms with E-state index in [2.05, 4.69) is 29.0 Å². The lowest BCUT2D eigenvalue weighted by molar-refractivity contribution is -0.0485. The molecule has 4 rings (SSSR count). The van der Waals surface area contributed by atoms with Crippen molar-refractivity contribution in [2.75, 3.05) is 40.3 Å². The van der Waals surface area contributed by atoms with E-state index in [0.29, 0.717) is 36.6 Å². The summed E-state index contributed by atoms with van der Waals surface area (Å²) in [6.45, 7) is 4.34. The number of methoxy groups -OCH3 is 1. The topological polar surface area (TPSA) is 15.7 Å². The van der Waals surface area contributed by atoms with Crippen LogP contribution in [0.2, 0.25) is 0 Å². The van der Waals surface area contributed by atoms with Crippen LogP contribution in [0.25, 0.3) is 0 Å². The third-order valence-corrected chi connectivity index (χ3v) is 6.78. The molecule has 5 heteroatoms. The Morgan fingerprint density at radius 2 is 1.77 bits per heavy atom. The monoisotopic (exact) mass is 364 g/mol. The lowest BCUT2D eigenvalue weighted by atomic mass is 9.86. The molecular weight excluding hydrogens is 334 g/mol. The molecule has 3 nitrogen and oxygen atoms in total. The average Bonchev–Trinajstić information content (AvgIpc) is 3.12. The molecule has 0 unspecified atom stereocenters. The van der Waals surface area contributed by atoms with E-state index in [1.165, 1.54) is 5.56 Å². The van der Waals surface area contributed by atoms with Gasteiger partial charge in [0.25, 0.3) is 0 Å². The lowest BCUT2D eigenvalue weighted by Gasteiger charge is -2.32. The fraction of sp³-hybridized carbons (Fsp3) is 0.714. The largest absolute Gasteiger partial charge is 0.497 e. The lowest BCUT2D eigenvalue weighted by Crippen LogP contribution is -2.35. The van der Waals surface area contributed by atoms with Crippen molar-refractivity contribution in [2.45, 2.75) is 37.6 Å². The fourth-order valence-electron chi connectivity index (χ4n) is 5.45. The number of fused-ring (bicyclic) bond motifs is 1. The summed E-state index contributed by atoms with van der Waals surface area (Å²) in [5, 5.41) is 0. The normalized spacial score (nSPS) is 32.7. The van der Waals surface area contributed by atoms with E-state index in [1.54, 1.807) is 7.11 Å². The van der Waals surface area contributed by atoms with Gasteiger partial charge in [0.15, 0.2) is 0 Å². The first kappa shape index (κ1) is 18.2. The molecule has 3 fully saturated rings. The minimum Gasteiger partial charge on any atom is -0.497 e. The van der Waals surface area contributed by atoms with Crippen molar-refractivity contribution in [3.8, 4) is 5.75 Å².